The maximum atomic E-state index is 12.2. The summed E-state index contributed by atoms with van der Waals surface area (Å²) in [6, 6.07) is -1.11. The van der Waals surface area contributed by atoms with Crippen LogP contribution in [0.25, 0.3) is 0 Å². The molecule has 0 spiro atoms. The number of carbonyl (C=O) groups excluding carboxylic acids is 1. The van der Waals surface area contributed by atoms with Gasteiger partial charge in [-0.25, -0.2) is 13.1 Å². The first-order valence-corrected chi connectivity index (χ1v) is 7.05. The van der Waals surface area contributed by atoms with Crippen molar-refractivity contribution in [1.82, 2.24) is 4.72 Å². The Hall–Kier alpha value is -0.830. The summed E-state index contributed by atoms with van der Waals surface area (Å²) in [6.45, 7) is 5.78. The fourth-order valence-electron chi connectivity index (χ4n) is 0.914. The zero-order valence-corrected chi connectivity index (χ0v) is 12.0. The molecular formula is C10H18F3NO4S. The maximum absolute atomic E-state index is 12.2. The van der Waals surface area contributed by atoms with Crippen LogP contribution in [0.2, 0.25) is 0 Å². The van der Waals surface area contributed by atoms with Crippen LogP contribution >= 0.6 is 0 Å². The first kappa shape index (κ1) is 18.2. The Morgan fingerprint density at radius 1 is 1.26 bits per heavy atom. The molecule has 0 rings (SSSR count). The van der Waals surface area contributed by atoms with Gasteiger partial charge in [-0.1, -0.05) is 6.92 Å². The Balaban J connectivity index is 4.60. The molecule has 0 aliphatic heterocycles. The zero-order valence-electron chi connectivity index (χ0n) is 11.2. The quantitative estimate of drug-likeness (QED) is 0.786. The van der Waals surface area contributed by atoms with Crippen molar-refractivity contribution in [3.8, 4) is 0 Å². The van der Waals surface area contributed by atoms with Crippen molar-refractivity contribution in [1.29, 1.82) is 0 Å². The fourth-order valence-corrected chi connectivity index (χ4v) is 1.72. The molecule has 0 aromatic rings. The lowest BCUT2D eigenvalue weighted by atomic mass is 9.97. The van der Waals surface area contributed by atoms with Crippen molar-refractivity contribution in [2.75, 3.05) is 6.61 Å². The minimum atomic E-state index is -5.43. The van der Waals surface area contributed by atoms with Gasteiger partial charge in [-0.2, -0.15) is 13.2 Å². The third-order valence-corrected chi connectivity index (χ3v) is 3.40. The van der Waals surface area contributed by atoms with E-state index in [0.717, 1.165) is 0 Å². The molecule has 0 heterocycles. The van der Waals surface area contributed by atoms with Gasteiger partial charge in [0.1, 0.15) is 6.61 Å². The van der Waals surface area contributed by atoms with Crippen molar-refractivity contribution >= 4 is 16.0 Å². The Morgan fingerprint density at radius 2 is 1.74 bits per heavy atom. The normalized spacial score (nSPS) is 15.1. The third-order valence-electron chi connectivity index (χ3n) is 2.15. The Bertz CT molecular complexity index is 411. The van der Waals surface area contributed by atoms with Crippen LogP contribution in [0, 0.1) is 5.41 Å². The molecule has 0 aliphatic rings. The highest BCUT2D eigenvalue weighted by atomic mass is 32.2. The monoisotopic (exact) mass is 305 g/mol. The van der Waals surface area contributed by atoms with Crippen molar-refractivity contribution in [2.24, 2.45) is 5.41 Å². The highest BCUT2D eigenvalue weighted by molar-refractivity contribution is 7.90. The fraction of sp³-hybridized carbons (Fsp3) is 0.900. The lowest BCUT2D eigenvalue weighted by molar-refractivity contribution is -0.153. The van der Waals surface area contributed by atoms with Crippen molar-refractivity contribution in [3.05, 3.63) is 0 Å². The number of alkyl halides is 3. The maximum Gasteiger partial charge on any atom is 0.511 e. The molecule has 0 radical (unpaired) electrons. The van der Waals surface area contributed by atoms with Crippen molar-refractivity contribution in [2.45, 2.75) is 45.7 Å². The molecule has 0 saturated heterocycles. The first-order chi connectivity index (χ1) is 8.31. The molecule has 0 aromatic heterocycles. The number of esters is 1. The average Bonchev–Trinajstić information content (AvgIpc) is 2.20. The van der Waals surface area contributed by atoms with E-state index in [1.54, 1.807) is 20.8 Å². The van der Waals surface area contributed by atoms with Crippen LogP contribution in [-0.2, 0) is 19.6 Å². The zero-order chi connectivity index (χ0) is 15.5. The summed E-state index contributed by atoms with van der Waals surface area (Å²) in [4.78, 5) is 11.4. The minimum Gasteiger partial charge on any atom is -0.464 e. The second-order valence-electron chi connectivity index (χ2n) is 5.02. The summed E-state index contributed by atoms with van der Waals surface area (Å²) >= 11 is 0. The molecule has 5 nitrogen and oxygen atoms in total. The Kier molecular flexibility index (Phi) is 5.82. The van der Waals surface area contributed by atoms with Gasteiger partial charge in [-0.15, -0.1) is 0 Å². The summed E-state index contributed by atoms with van der Waals surface area (Å²) in [5.74, 6) is -0.614. The molecule has 0 fully saturated rings. The second-order valence-corrected chi connectivity index (χ2v) is 6.73. The van der Waals surface area contributed by atoms with E-state index < -0.39 is 39.6 Å². The van der Waals surface area contributed by atoms with Gasteiger partial charge in [0.25, 0.3) is 0 Å². The molecular weight excluding hydrogens is 287 g/mol. The van der Waals surface area contributed by atoms with Crippen LogP contribution in [0.1, 0.15) is 34.1 Å². The highest BCUT2D eigenvalue weighted by Gasteiger charge is 2.46. The standard InChI is InChI=1S/C10H18F3NO4S/c1-5-7(6-18-8(15)9(2,3)4)14-19(16,17)10(11,12)13/h7,14H,5-6H2,1-4H3. The van der Waals surface area contributed by atoms with Gasteiger partial charge in [-0.05, 0) is 27.2 Å². The lowest BCUT2D eigenvalue weighted by Crippen LogP contribution is -2.45. The average molecular weight is 305 g/mol. The number of hydrogen-bond acceptors (Lipinski definition) is 4. The number of hydrogen-bond donors (Lipinski definition) is 1. The Labute approximate surface area is 110 Å². The molecule has 9 heteroatoms. The van der Waals surface area contributed by atoms with Crippen LogP contribution in [0.5, 0.6) is 0 Å². The predicted molar refractivity (Wildman–Crippen MR) is 62.6 cm³/mol. The molecule has 0 bridgehead atoms. The van der Waals surface area contributed by atoms with Crippen LogP contribution in [0.3, 0.4) is 0 Å². The molecule has 1 atom stereocenters. The number of halogens is 3. The van der Waals surface area contributed by atoms with Gasteiger partial charge in [0.15, 0.2) is 0 Å². The summed E-state index contributed by atoms with van der Waals surface area (Å²) in [5.41, 5.74) is -6.18. The molecule has 1 N–H and O–H groups in total. The minimum absolute atomic E-state index is 0.0622. The molecule has 0 aliphatic carbocycles. The summed E-state index contributed by atoms with van der Waals surface area (Å²) in [7, 11) is -5.43. The summed E-state index contributed by atoms with van der Waals surface area (Å²) in [5, 5.41) is 0. The van der Waals surface area contributed by atoms with E-state index in [-0.39, 0.29) is 6.42 Å². The van der Waals surface area contributed by atoms with E-state index in [0.29, 0.717) is 0 Å². The third kappa shape index (κ3) is 5.77. The van der Waals surface area contributed by atoms with E-state index in [1.165, 1.54) is 11.6 Å². The first-order valence-electron chi connectivity index (χ1n) is 5.57. The van der Waals surface area contributed by atoms with Gasteiger partial charge < -0.3 is 4.74 Å². The summed E-state index contributed by atoms with van der Waals surface area (Å²) in [6.07, 6.45) is 0.0622. The van der Waals surface area contributed by atoms with E-state index >= 15 is 0 Å². The molecule has 0 aromatic carbocycles. The van der Waals surface area contributed by atoms with E-state index in [4.69, 9.17) is 4.74 Å². The molecule has 1 unspecified atom stereocenters. The lowest BCUT2D eigenvalue weighted by Gasteiger charge is -2.21. The highest BCUT2D eigenvalue weighted by Crippen LogP contribution is 2.22. The summed E-state index contributed by atoms with van der Waals surface area (Å²) < 4.78 is 64.5. The van der Waals surface area contributed by atoms with Crippen molar-refractivity contribution in [3.63, 3.8) is 0 Å². The SMILES string of the molecule is CCC(COC(=O)C(C)(C)C)NS(=O)(=O)C(F)(F)F. The smallest absolute Gasteiger partial charge is 0.464 e. The van der Waals surface area contributed by atoms with Crippen molar-refractivity contribution < 1.29 is 31.1 Å². The molecule has 0 amide bonds. The molecule has 19 heavy (non-hydrogen) atoms. The van der Waals surface area contributed by atoms with Crippen LogP contribution < -0.4 is 4.72 Å². The van der Waals surface area contributed by atoms with Crippen LogP contribution in [-0.4, -0.2) is 32.5 Å². The van der Waals surface area contributed by atoms with Gasteiger partial charge in [0.05, 0.1) is 11.5 Å². The number of sulfonamides is 1. The van der Waals surface area contributed by atoms with Gasteiger partial charge in [0.2, 0.25) is 0 Å². The topological polar surface area (TPSA) is 72.5 Å². The van der Waals surface area contributed by atoms with Gasteiger partial charge in [0, 0.05) is 0 Å². The Morgan fingerprint density at radius 3 is 2.05 bits per heavy atom. The number of nitrogens with one attached hydrogen (secondary N) is 1. The predicted octanol–water partition coefficient (Wildman–Crippen LogP) is 1.79. The molecule has 114 valence electrons. The largest absolute Gasteiger partial charge is 0.511 e. The van der Waals surface area contributed by atoms with E-state index in [9.17, 15) is 26.4 Å². The van der Waals surface area contributed by atoms with Gasteiger partial charge >= 0.3 is 21.5 Å². The van der Waals surface area contributed by atoms with Crippen LogP contribution in [0.4, 0.5) is 13.2 Å². The number of ether oxygens (including phenoxy) is 1. The van der Waals surface area contributed by atoms with E-state index in [2.05, 4.69) is 0 Å². The van der Waals surface area contributed by atoms with Crippen LogP contribution in [0.15, 0.2) is 0 Å². The number of carbonyl (C=O) groups is 1. The molecule has 0 saturated carbocycles. The van der Waals surface area contributed by atoms with Gasteiger partial charge in [-0.3, -0.25) is 4.79 Å². The van der Waals surface area contributed by atoms with E-state index in [1.807, 2.05) is 0 Å². The number of rotatable bonds is 5. The second kappa shape index (κ2) is 6.08.